The molecule has 1 aliphatic heterocycles. The average molecular weight is 142 g/mol. The molecule has 10 heavy (non-hydrogen) atoms. The minimum atomic E-state index is 0.542. The molecule has 0 aliphatic carbocycles. The van der Waals surface area contributed by atoms with Gasteiger partial charge in [0.05, 0.1) is 19.0 Å². The van der Waals surface area contributed by atoms with Crippen LogP contribution in [-0.4, -0.2) is 20.3 Å². The number of allylic oxidation sites excluding steroid dienone is 1. The summed E-state index contributed by atoms with van der Waals surface area (Å²) in [4.78, 5) is 0. The van der Waals surface area contributed by atoms with Gasteiger partial charge in [-0.3, -0.25) is 0 Å². The lowest BCUT2D eigenvalue weighted by atomic mass is 10.0. The fourth-order valence-electron chi connectivity index (χ4n) is 1.19. The van der Waals surface area contributed by atoms with Crippen LogP contribution >= 0.6 is 0 Å². The number of hydrogen-bond acceptors (Lipinski definition) is 2. The summed E-state index contributed by atoms with van der Waals surface area (Å²) in [5.41, 5.74) is 1.31. The maximum atomic E-state index is 5.33. The van der Waals surface area contributed by atoms with E-state index in [9.17, 15) is 0 Å². The lowest BCUT2D eigenvalue weighted by molar-refractivity contribution is 0.216. The molecule has 0 aromatic heterocycles. The Labute approximate surface area is 61.8 Å². The van der Waals surface area contributed by atoms with Crippen LogP contribution in [0.2, 0.25) is 0 Å². The molecule has 58 valence electrons. The smallest absolute Gasteiger partial charge is 0.0948 e. The highest BCUT2D eigenvalue weighted by Gasteiger charge is 2.19. The first-order valence-electron chi connectivity index (χ1n) is 3.57. The fourth-order valence-corrected chi connectivity index (χ4v) is 1.19. The molecule has 0 radical (unpaired) electrons. The monoisotopic (exact) mass is 142 g/mol. The van der Waals surface area contributed by atoms with Gasteiger partial charge in [0.2, 0.25) is 0 Å². The van der Waals surface area contributed by atoms with Crippen LogP contribution in [0.15, 0.2) is 11.3 Å². The predicted octanol–water partition coefficient (Wildman–Crippen LogP) is 1.57. The second-order valence-corrected chi connectivity index (χ2v) is 2.73. The molecule has 2 heteroatoms. The van der Waals surface area contributed by atoms with Crippen molar-refractivity contribution in [2.24, 2.45) is 5.92 Å². The highest BCUT2D eigenvalue weighted by molar-refractivity contribution is 5.14. The minimum absolute atomic E-state index is 0.542. The van der Waals surface area contributed by atoms with E-state index < -0.39 is 0 Å². The summed E-state index contributed by atoms with van der Waals surface area (Å²) < 4.78 is 10.4. The topological polar surface area (TPSA) is 18.5 Å². The summed E-state index contributed by atoms with van der Waals surface area (Å²) in [6, 6.07) is 0. The van der Waals surface area contributed by atoms with Crippen molar-refractivity contribution in [3.8, 4) is 0 Å². The molecule has 1 heterocycles. The van der Waals surface area contributed by atoms with Crippen LogP contribution in [0.3, 0.4) is 0 Å². The molecule has 0 saturated heterocycles. The maximum absolute atomic E-state index is 5.33. The molecule has 0 amide bonds. The first kappa shape index (κ1) is 7.61. The highest BCUT2D eigenvalue weighted by Crippen LogP contribution is 2.24. The largest absolute Gasteiger partial charge is 0.498 e. The molecule has 2 nitrogen and oxygen atoms in total. The van der Waals surface area contributed by atoms with Crippen molar-refractivity contribution in [3.63, 3.8) is 0 Å². The zero-order chi connectivity index (χ0) is 7.56. The predicted molar refractivity (Wildman–Crippen MR) is 39.7 cm³/mol. The van der Waals surface area contributed by atoms with Gasteiger partial charge in [0.1, 0.15) is 0 Å². The van der Waals surface area contributed by atoms with Crippen molar-refractivity contribution in [2.75, 3.05) is 20.3 Å². The Balaban J connectivity index is 2.59. The highest BCUT2D eigenvalue weighted by atomic mass is 16.5. The van der Waals surface area contributed by atoms with Crippen LogP contribution in [0.4, 0.5) is 0 Å². The molecule has 1 atom stereocenters. The van der Waals surface area contributed by atoms with Gasteiger partial charge < -0.3 is 9.47 Å². The quantitative estimate of drug-likeness (QED) is 0.582. The molecule has 1 unspecified atom stereocenters. The number of methoxy groups -OCH3 is 1. The number of rotatable bonds is 2. The zero-order valence-electron chi connectivity index (χ0n) is 6.81. The fraction of sp³-hybridized carbons (Fsp3) is 0.750. The molecule has 1 rings (SSSR count). The third-order valence-corrected chi connectivity index (χ3v) is 1.90. The summed E-state index contributed by atoms with van der Waals surface area (Å²) in [6.07, 6.45) is 0. The van der Waals surface area contributed by atoms with E-state index in [2.05, 4.69) is 6.92 Å². The molecule has 0 aromatic carbocycles. The van der Waals surface area contributed by atoms with E-state index in [-0.39, 0.29) is 0 Å². The lowest BCUT2D eigenvalue weighted by Crippen LogP contribution is -2.03. The van der Waals surface area contributed by atoms with Crippen LogP contribution in [0.5, 0.6) is 0 Å². The Hall–Kier alpha value is -0.500. The third kappa shape index (κ3) is 1.32. The first-order valence-corrected chi connectivity index (χ1v) is 3.57. The summed E-state index contributed by atoms with van der Waals surface area (Å²) >= 11 is 0. The van der Waals surface area contributed by atoms with Crippen LogP contribution in [0.25, 0.3) is 0 Å². The lowest BCUT2D eigenvalue weighted by Gasteiger charge is -2.03. The molecule has 0 spiro atoms. The zero-order valence-corrected chi connectivity index (χ0v) is 6.81. The molecule has 0 aromatic rings. The Morgan fingerprint density at radius 2 is 2.40 bits per heavy atom. The van der Waals surface area contributed by atoms with Gasteiger partial charge in [-0.2, -0.15) is 0 Å². The van der Waals surface area contributed by atoms with Gasteiger partial charge in [-0.15, -0.1) is 0 Å². The SMILES string of the molecule is COCC1=C(C)OCC1C. The Kier molecular flexibility index (Phi) is 2.33. The average Bonchev–Trinajstić information content (AvgIpc) is 2.20. The van der Waals surface area contributed by atoms with Gasteiger partial charge in [-0.05, 0) is 12.5 Å². The molecular weight excluding hydrogens is 128 g/mol. The molecule has 0 fully saturated rings. The van der Waals surface area contributed by atoms with E-state index in [1.807, 2.05) is 6.92 Å². The van der Waals surface area contributed by atoms with Crippen molar-refractivity contribution >= 4 is 0 Å². The molecule has 0 bridgehead atoms. The Bertz CT molecular complexity index is 149. The Morgan fingerprint density at radius 1 is 1.70 bits per heavy atom. The van der Waals surface area contributed by atoms with Crippen LogP contribution in [-0.2, 0) is 9.47 Å². The Morgan fingerprint density at radius 3 is 2.80 bits per heavy atom. The second-order valence-electron chi connectivity index (χ2n) is 2.73. The van der Waals surface area contributed by atoms with Gasteiger partial charge >= 0.3 is 0 Å². The van der Waals surface area contributed by atoms with E-state index in [1.165, 1.54) is 5.57 Å². The van der Waals surface area contributed by atoms with Crippen LogP contribution in [0, 0.1) is 5.92 Å². The van der Waals surface area contributed by atoms with Gasteiger partial charge in [-0.25, -0.2) is 0 Å². The third-order valence-electron chi connectivity index (χ3n) is 1.90. The van der Waals surface area contributed by atoms with E-state index in [1.54, 1.807) is 7.11 Å². The van der Waals surface area contributed by atoms with Gasteiger partial charge in [0.25, 0.3) is 0 Å². The summed E-state index contributed by atoms with van der Waals surface area (Å²) in [5.74, 6) is 1.59. The normalized spacial score (nSPS) is 25.3. The minimum Gasteiger partial charge on any atom is -0.498 e. The van der Waals surface area contributed by atoms with Crippen LogP contribution in [0.1, 0.15) is 13.8 Å². The standard InChI is InChI=1S/C8H14O2/c1-6-4-10-7(2)8(6)5-9-3/h6H,4-5H2,1-3H3. The van der Waals surface area contributed by atoms with E-state index in [0.29, 0.717) is 12.5 Å². The van der Waals surface area contributed by atoms with E-state index in [4.69, 9.17) is 9.47 Å². The first-order chi connectivity index (χ1) is 4.75. The van der Waals surface area contributed by atoms with E-state index >= 15 is 0 Å². The molecule has 0 saturated carbocycles. The van der Waals surface area contributed by atoms with Gasteiger partial charge in [0, 0.05) is 13.0 Å². The number of hydrogen-bond donors (Lipinski definition) is 0. The number of ether oxygens (including phenoxy) is 2. The molecule has 1 aliphatic rings. The second kappa shape index (κ2) is 3.06. The maximum Gasteiger partial charge on any atom is 0.0948 e. The van der Waals surface area contributed by atoms with Crippen molar-refractivity contribution in [1.29, 1.82) is 0 Å². The summed E-state index contributed by atoms with van der Waals surface area (Å²) in [6.45, 7) is 5.69. The van der Waals surface area contributed by atoms with Crippen LogP contribution < -0.4 is 0 Å². The summed E-state index contributed by atoms with van der Waals surface area (Å²) in [7, 11) is 1.71. The van der Waals surface area contributed by atoms with Gasteiger partial charge in [0.15, 0.2) is 0 Å². The molecule has 0 N–H and O–H groups in total. The molecular formula is C8H14O2. The van der Waals surface area contributed by atoms with Crippen molar-refractivity contribution in [1.82, 2.24) is 0 Å². The van der Waals surface area contributed by atoms with Gasteiger partial charge in [-0.1, -0.05) is 6.92 Å². The van der Waals surface area contributed by atoms with E-state index in [0.717, 1.165) is 12.4 Å². The summed E-state index contributed by atoms with van der Waals surface area (Å²) in [5, 5.41) is 0. The van der Waals surface area contributed by atoms with Crippen molar-refractivity contribution < 1.29 is 9.47 Å². The van der Waals surface area contributed by atoms with Crippen molar-refractivity contribution in [2.45, 2.75) is 13.8 Å². The van der Waals surface area contributed by atoms with Crippen molar-refractivity contribution in [3.05, 3.63) is 11.3 Å².